The Labute approximate surface area is 64.2 Å². The number of nitrogens with zero attached hydrogens (tertiary/aromatic N) is 1. The van der Waals surface area contributed by atoms with Crippen molar-refractivity contribution in [3.63, 3.8) is 0 Å². The lowest BCUT2D eigenvalue weighted by atomic mass is 10.1. The van der Waals surface area contributed by atoms with Gasteiger partial charge in [-0.2, -0.15) is 0 Å². The number of nitrogens with two attached hydrogens (primary N) is 1. The van der Waals surface area contributed by atoms with Gasteiger partial charge in [0.1, 0.15) is 0 Å². The van der Waals surface area contributed by atoms with Crippen LogP contribution in [-0.4, -0.2) is 10.9 Å². The van der Waals surface area contributed by atoms with E-state index < -0.39 is 0 Å². The molecular formula is C7H10N2S. The number of rotatable bonds is 2. The Morgan fingerprint density at radius 3 is 2.90 bits per heavy atom. The maximum atomic E-state index is 5.64. The molecule has 0 saturated heterocycles. The van der Waals surface area contributed by atoms with Crippen molar-refractivity contribution in [2.75, 3.05) is 6.54 Å². The second-order valence-corrected chi connectivity index (χ2v) is 3.69. The van der Waals surface area contributed by atoms with Crippen molar-refractivity contribution in [2.45, 2.75) is 18.3 Å². The second kappa shape index (κ2) is 2.04. The molecule has 1 aromatic heterocycles. The number of hydrogen-bond donors (Lipinski definition) is 1. The minimum Gasteiger partial charge on any atom is -0.330 e. The summed E-state index contributed by atoms with van der Waals surface area (Å²) in [6.07, 6.45) is 4.37. The SMILES string of the molecule is NCC1(c2ccns2)CC1. The molecule has 3 heteroatoms. The van der Waals surface area contributed by atoms with Crippen molar-refractivity contribution < 1.29 is 0 Å². The summed E-state index contributed by atoms with van der Waals surface area (Å²) < 4.78 is 4.06. The molecule has 1 aliphatic carbocycles. The lowest BCUT2D eigenvalue weighted by molar-refractivity contribution is 0.720. The van der Waals surface area contributed by atoms with E-state index in [9.17, 15) is 0 Å². The monoisotopic (exact) mass is 154 g/mol. The van der Waals surface area contributed by atoms with Crippen LogP contribution in [0.15, 0.2) is 12.3 Å². The first kappa shape index (κ1) is 6.31. The van der Waals surface area contributed by atoms with E-state index in [4.69, 9.17) is 5.73 Å². The Balaban J connectivity index is 2.27. The molecule has 0 atom stereocenters. The van der Waals surface area contributed by atoms with Crippen molar-refractivity contribution >= 4 is 11.5 Å². The molecule has 0 radical (unpaired) electrons. The van der Waals surface area contributed by atoms with Crippen LogP contribution in [-0.2, 0) is 5.41 Å². The summed E-state index contributed by atoms with van der Waals surface area (Å²) in [4.78, 5) is 1.37. The molecule has 0 aliphatic heterocycles. The normalized spacial score (nSPS) is 20.9. The van der Waals surface area contributed by atoms with Gasteiger partial charge in [-0.05, 0) is 30.4 Å². The highest BCUT2D eigenvalue weighted by atomic mass is 32.1. The summed E-state index contributed by atoms with van der Waals surface area (Å²) in [6.45, 7) is 0.787. The summed E-state index contributed by atoms with van der Waals surface area (Å²) in [5.41, 5.74) is 5.99. The topological polar surface area (TPSA) is 38.9 Å². The molecule has 0 amide bonds. The highest BCUT2D eigenvalue weighted by molar-refractivity contribution is 7.05. The first-order chi connectivity index (χ1) is 4.87. The molecule has 2 nitrogen and oxygen atoms in total. The van der Waals surface area contributed by atoms with Crippen LogP contribution >= 0.6 is 11.5 Å². The minimum atomic E-state index is 0.348. The van der Waals surface area contributed by atoms with E-state index in [1.54, 1.807) is 11.5 Å². The molecule has 1 aromatic rings. The Morgan fingerprint density at radius 1 is 1.70 bits per heavy atom. The van der Waals surface area contributed by atoms with Crippen LogP contribution in [0, 0.1) is 0 Å². The maximum Gasteiger partial charge on any atom is 0.0409 e. The smallest absolute Gasteiger partial charge is 0.0409 e. The molecule has 54 valence electrons. The molecule has 0 bridgehead atoms. The van der Waals surface area contributed by atoms with Crippen LogP contribution in [0.5, 0.6) is 0 Å². The van der Waals surface area contributed by atoms with Gasteiger partial charge < -0.3 is 5.73 Å². The average Bonchev–Trinajstić information content (AvgIpc) is 2.58. The van der Waals surface area contributed by atoms with Gasteiger partial charge in [0.15, 0.2) is 0 Å². The predicted molar refractivity (Wildman–Crippen MR) is 42.1 cm³/mol. The van der Waals surface area contributed by atoms with E-state index in [1.807, 2.05) is 6.20 Å². The van der Waals surface area contributed by atoms with Crippen LogP contribution in [0.4, 0.5) is 0 Å². The zero-order chi connectivity index (χ0) is 7.03. The quantitative estimate of drug-likeness (QED) is 0.693. The molecule has 1 aliphatic rings. The number of hydrogen-bond acceptors (Lipinski definition) is 3. The summed E-state index contributed by atoms with van der Waals surface area (Å²) in [5, 5.41) is 0. The van der Waals surface area contributed by atoms with E-state index in [0.717, 1.165) is 6.54 Å². The highest BCUT2D eigenvalue weighted by Gasteiger charge is 2.43. The van der Waals surface area contributed by atoms with Crippen molar-refractivity contribution in [3.8, 4) is 0 Å². The van der Waals surface area contributed by atoms with E-state index >= 15 is 0 Å². The first-order valence-electron chi connectivity index (χ1n) is 3.49. The van der Waals surface area contributed by atoms with Gasteiger partial charge in [0.25, 0.3) is 0 Å². The molecule has 0 unspecified atom stereocenters. The van der Waals surface area contributed by atoms with Crippen LogP contribution in [0.3, 0.4) is 0 Å². The van der Waals surface area contributed by atoms with E-state index in [2.05, 4.69) is 10.4 Å². The highest BCUT2D eigenvalue weighted by Crippen LogP contribution is 2.48. The minimum absolute atomic E-state index is 0.348. The van der Waals surface area contributed by atoms with Gasteiger partial charge in [-0.3, -0.25) is 0 Å². The lowest BCUT2D eigenvalue weighted by Gasteiger charge is -2.06. The molecule has 1 saturated carbocycles. The summed E-state index contributed by atoms with van der Waals surface area (Å²) in [6, 6.07) is 2.09. The van der Waals surface area contributed by atoms with E-state index in [1.165, 1.54) is 17.7 Å². The van der Waals surface area contributed by atoms with E-state index in [-0.39, 0.29) is 0 Å². The first-order valence-corrected chi connectivity index (χ1v) is 4.26. The zero-order valence-electron chi connectivity index (χ0n) is 5.71. The summed E-state index contributed by atoms with van der Waals surface area (Å²) >= 11 is 1.59. The zero-order valence-corrected chi connectivity index (χ0v) is 6.53. The molecule has 0 aromatic carbocycles. The van der Waals surface area contributed by atoms with Gasteiger partial charge in [-0.1, -0.05) is 0 Å². The Morgan fingerprint density at radius 2 is 2.50 bits per heavy atom. The van der Waals surface area contributed by atoms with Crippen LogP contribution in [0.2, 0.25) is 0 Å². The van der Waals surface area contributed by atoms with Crippen LogP contribution in [0.25, 0.3) is 0 Å². The van der Waals surface area contributed by atoms with Gasteiger partial charge in [0, 0.05) is 23.0 Å². The van der Waals surface area contributed by atoms with Gasteiger partial charge in [0.05, 0.1) is 0 Å². The average molecular weight is 154 g/mol. The lowest BCUT2D eigenvalue weighted by Crippen LogP contribution is -2.18. The largest absolute Gasteiger partial charge is 0.330 e. The molecule has 1 fully saturated rings. The van der Waals surface area contributed by atoms with Crippen molar-refractivity contribution in [2.24, 2.45) is 5.73 Å². The molecule has 2 N–H and O–H groups in total. The maximum absolute atomic E-state index is 5.64. The second-order valence-electron chi connectivity index (χ2n) is 2.86. The third kappa shape index (κ3) is 0.777. The Hall–Kier alpha value is -0.410. The van der Waals surface area contributed by atoms with Crippen molar-refractivity contribution in [1.29, 1.82) is 0 Å². The summed E-state index contributed by atoms with van der Waals surface area (Å²) in [7, 11) is 0. The molecule has 1 heterocycles. The standard InChI is InChI=1S/C7H10N2S/c8-5-7(2-3-7)6-1-4-9-10-6/h1,4H,2-3,5,8H2. The van der Waals surface area contributed by atoms with Gasteiger partial charge in [0.2, 0.25) is 0 Å². The van der Waals surface area contributed by atoms with Gasteiger partial charge in [-0.25, -0.2) is 4.37 Å². The fourth-order valence-electron chi connectivity index (χ4n) is 1.19. The van der Waals surface area contributed by atoms with E-state index in [0.29, 0.717) is 5.41 Å². The van der Waals surface area contributed by atoms with Gasteiger partial charge in [-0.15, -0.1) is 0 Å². The fraction of sp³-hybridized carbons (Fsp3) is 0.571. The Bertz CT molecular complexity index is 214. The third-order valence-corrected chi connectivity index (χ3v) is 3.20. The van der Waals surface area contributed by atoms with Crippen LogP contribution < -0.4 is 5.73 Å². The Kier molecular flexibility index (Phi) is 1.28. The molecular weight excluding hydrogens is 144 g/mol. The fourth-order valence-corrected chi connectivity index (χ4v) is 2.03. The third-order valence-electron chi connectivity index (χ3n) is 2.20. The number of aromatic nitrogens is 1. The molecule has 10 heavy (non-hydrogen) atoms. The van der Waals surface area contributed by atoms with Crippen molar-refractivity contribution in [1.82, 2.24) is 4.37 Å². The summed E-state index contributed by atoms with van der Waals surface area (Å²) in [5.74, 6) is 0. The van der Waals surface area contributed by atoms with Crippen LogP contribution in [0.1, 0.15) is 17.7 Å². The van der Waals surface area contributed by atoms with Crippen molar-refractivity contribution in [3.05, 3.63) is 17.1 Å². The molecule has 2 rings (SSSR count). The van der Waals surface area contributed by atoms with Gasteiger partial charge >= 0.3 is 0 Å². The predicted octanol–water partition coefficient (Wildman–Crippen LogP) is 1.13. The molecule has 0 spiro atoms.